The number of hydrogen-bond donors (Lipinski definition) is 1. The zero-order chi connectivity index (χ0) is 24.4. The molecule has 1 N–H and O–H groups in total. The second kappa shape index (κ2) is 10.1. The fourth-order valence-corrected chi connectivity index (χ4v) is 5.41. The van der Waals surface area contributed by atoms with Gasteiger partial charge in [0.2, 0.25) is 11.8 Å². The molecule has 0 spiro atoms. The summed E-state index contributed by atoms with van der Waals surface area (Å²) in [5, 5.41) is 6.44. The number of carbonyl (C=O) groups excluding carboxylic acids is 3. The van der Waals surface area contributed by atoms with Crippen LogP contribution in [-0.2, 0) is 32.2 Å². The van der Waals surface area contributed by atoms with Gasteiger partial charge in [-0.15, -0.1) is 11.3 Å². The number of thiophene rings is 1. The minimum absolute atomic E-state index is 0.0603. The lowest BCUT2D eigenvalue weighted by Crippen LogP contribution is -2.41. The van der Waals surface area contributed by atoms with Crippen LogP contribution in [0.1, 0.15) is 27.6 Å². The van der Waals surface area contributed by atoms with Crippen molar-refractivity contribution in [2.45, 2.75) is 32.0 Å². The minimum Gasteiger partial charge on any atom is -0.355 e. The summed E-state index contributed by atoms with van der Waals surface area (Å²) >= 11 is 1.65. The van der Waals surface area contributed by atoms with Crippen molar-refractivity contribution in [3.63, 3.8) is 0 Å². The largest absolute Gasteiger partial charge is 0.355 e. The third-order valence-corrected chi connectivity index (χ3v) is 7.40. The van der Waals surface area contributed by atoms with Crippen molar-refractivity contribution in [2.24, 2.45) is 5.92 Å². The van der Waals surface area contributed by atoms with E-state index in [9.17, 15) is 14.4 Å². The summed E-state index contributed by atoms with van der Waals surface area (Å²) in [5.41, 5.74) is 2.81. The standard InChI is InChI=1S/C27H27N3O4S/c1-18-9-11-20(12-10-18)24-23-25(27(33)29(26(23)32)16-19-6-3-2-4-7-19)34-30(24)17-22(31)28-14-13-21-8-5-15-35-21/h2-12,15,23-25H,13-14,16-17H2,1H3,(H,28,31). The van der Waals surface area contributed by atoms with Gasteiger partial charge in [0.15, 0.2) is 6.10 Å². The number of nitrogens with one attached hydrogen (secondary N) is 1. The van der Waals surface area contributed by atoms with Crippen LogP contribution in [-0.4, -0.2) is 46.9 Å². The molecule has 3 atom stereocenters. The number of fused-ring (bicyclic) bond motifs is 1. The Morgan fingerprint density at radius 3 is 2.49 bits per heavy atom. The summed E-state index contributed by atoms with van der Waals surface area (Å²) in [4.78, 5) is 47.9. The quantitative estimate of drug-likeness (QED) is 0.492. The highest BCUT2D eigenvalue weighted by Crippen LogP contribution is 2.44. The number of rotatable bonds is 8. The smallest absolute Gasteiger partial charge is 0.261 e. The highest BCUT2D eigenvalue weighted by atomic mass is 32.1. The summed E-state index contributed by atoms with van der Waals surface area (Å²) in [6.45, 7) is 2.65. The molecule has 7 nitrogen and oxygen atoms in total. The summed E-state index contributed by atoms with van der Waals surface area (Å²) in [7, 11) is 0. The number of hydroxylamine groups is 2. The maximum absolute atomic E-state index is 13.5. The first-order chi connectivity index (χ1) is 17.0. The zero-order valence-corrected chi connectivity index (χ0v) is 20.2. The molecule has 2 saturated heterocycles. The van der Waals surface area contributed by atoms with Gasteiger partial charge in [-0.25, -0.2) is 0 Å². The summed E-state index contributed by atoms with van der Waals surface area (Å²) < 4.78 is 0. The zero-order valence-electron chi connectivity index (χ0n) is 19.4. The topological polar surface area (TPSA) is 79.0 Å². The van der Waals surface area contributed by atoms with Crippen LogP contribution in [0.25, 0.3) is 0 Å². The van der Waals surface area contributed by atoms with Crippen LogP contribution in [0, 0.1) is 12.8 Å². The van der Waals surface area contributed by atoms with Crippen LogP contribution in [0.2, 0.25) is 0 Å². The first-order valence-corrected chi connectivity index (χ1v) is 12.6. The van der Waals surface area contributed by atoms with Gasteiger partial charge in [0, 0.05) is 11.4 Å². The SMILES string of the molecule is Cc1ccc(C2C3C(=O)N(Cc4ccccc4)C(=O)C3ON2CC(=O)NCCc2cccs2)cc1. The lowest BCUT2D eigenvalue weighted by Gasteiger charge is -2.27. The van der Waals surface area contributed by atoms with Gasteiger partial charge in [0.25, 0.3) is 5.91 Å². The van der Waals surface area contributed by atoms with Crippen LogP contribution in [0.5, 0.6) is 0 Å². The van der Waals surface area contributed by atoms with Crippen molar-refractivity contribution in [3.05, 3.63) is 93.7 Å². The predicted octanol–water partition coefficient (Wildman–Crippen LogP) is 3.26. The first kappa shape index (κ1) is 23.4. The second-order valence-electron chi connectivity index (χ2n) is 8.91. The van der Waals surface area contributed by atoms with Crippen LogP contribution in [0.3, 0.4) is 0 Å². The van der Waals surface area contributed by atoms with Gasteiger partial charge in [0.05, 0.1) is 18.5 Å². The molecule has 35 heavy (non-hydrogen) atoms. The molecule has 0 aliphatic carbocycles. The molecule has 3 heterocycles. The number of likely N-dealkylation sites (tertiary alicyclic amines) is 1. The molecule has 1 aromatic heterocycles. The Morgan fingerprint density at radius 1 is 1.00 bits per heavy atom. The number of amides is 3. The second-order valence-corrected chi connectivity index (χ2v) is 9.94. The molecule has 2 aliphatic rings. The molecular formula is C27H27N3O4S. The van der Waals surface area contributed by atoms with E-state index in [1.54, 1.807) is 11.3 Å². The Morgan fingerprint density at radius 2 is 1.77 bits per heavy atom. The highest BCUT2D eigenvalue weighted by Gasteiger charge is 2.59. The fraction of sp³-hybridized carbons (Fsp3) is 0.296. The van der Waals surface area contributed by atoms with E-state index in [1.165, 1.54) is 14.8 Å². The number of imide groups is 1. The fourth-order valence-electron chi connectivity index (χ4n) is 4.70. The van der Waals surface area contributed by atoms with Gasteiger partial charge in [-0.2, -0.15) is 5.06 Å². The van der Waals surface area contributed by atoms with Gasteiger partial charge in [0.1, 0.15) is 6.54 Å². The molecule has 2 aromatic carbocycles. The van der Waals surface area contributed by atoms with Gasteiger partial charge in [-0.1, -0.05) is 66.2 Å². The first-order valence-electron chi connectivity index (χ1n) is 11.7. The summed E-state index contributed by atoms with van der Waals surface area (Å²) in [6.07, 6.45) is -0.182. The van der Waals surface area contributed by atoms with Gasteiger partial charge in [-0.3, -0.25) is 24.1 Å². The van der Waals surface area contributed by atoms with E-state index in [2.05, 4.69) is 5.32 Å². The average Bonchev–Trinajstić information content (AvgIpc) is 3.55. The molecule has 2 fully saturated rings. The molecule has 0 radical (unpaired) electrons. The lowest BCUT2D eigenvalue weighted by molar-refractivity contribution is -0.182. The minimum atomic E-state index is -0.934. The summed E-state index contributed by atoms with van der Waals surface area (Å²) in [5.74, 6) is -1.54. The van der Waals surface area contributed by atoms with Gasteiger partial charge < -0.3 is 5.32 Å². The third kappa shape index (κ3) is 4.91. The highest BCUT2D eigenvalue weighted by molar-refractivity contribution is 7.09. The molecule has 3 aromatic rings. The van der Waals surface area contributed by atoms with E-state index in [-0.39, 0.29) is 30.8 Å². The number of nitrogens with zero attached hydrogens (tertiary/aromatic N) is 2. The van der Waals surface area contributed by atoms with Crippen molar-refractivity contribution < 1.29 is 19.2 Å². The van der Waals surface area contributed by atoms with Gasteiger partial charge >= 0.3 is 0 Å². The van der Waals surface area contributed by atoms with Crippen LogP contribution in [0.4, 0.5) is 0 Å². The van der Waals surface area contributed by atoms with Crippen LogP contribution in [0.15, 0.2) is 72.1 Å². The van der Waals surface area contributed by atoms with Crippen LogP contribution >= 0.6 is 11.3 Å². The Labute approximate surface area is 208 Å². The van der Waals surface area contributed by atoms with Crippen LogP contribution < -0.4 is 5.32 Å². The van der Waals surface area contributed by atoms with Crippen molar-refractivity contribution >= 4 is 29.1 Å². The molecule has 180 valence electrons. The summed E-state index contributed by atoms with van der Waals surface area (Å²) in [6, 6.07) is 20.7. The number of hydrogen-bond acceptors (Lipinski definition) is 6. The molecule has 8 heteroatoms. The number of aryl methyl sites for hydroxylation is 1. The van der Waals surface area contributed by atoms with Crippen molar-refractivity contribution in [2.75, 3.05) is 13.1 Å². The molecule has 5 rings (SSSR count). The predicted molar refractivity (Wildman–Crippen MR) is 132 cm³/mol. The average molecular weight is 490 g/mol. The Balaban J connectivity index is 1.33. The Bertz CT molecular complexity index is 1200. The maximum Gasteiger partial charge on any atom is 0.261 e. The molecule has 0 saturated carbocycles. The van der Waals surface area contributed by atoms with Crippen molar-refractivity contribution in [1.29, 1.82) is 0 Å². The van der Waals surface area contributed by atoms with E-state index < -0.39 is 18.1 Å². The molecule has 2 aliphatic heterocycles. The molecule has 0 bridgehead atoms. The number of benzene rings is 2. The van der Waals surface area contributed by atoms with E-state index in [1.807, 2.05) is 79.0 Å². The van der Waals surface area contributed by atoms with Crippen molar-refractivity contribution in [3.8, 4) is 0 Å². The van der Waals surface area contributed by atoms with E-state index in [0.29, 0.717) is 6.54 Å². The van der Waals surface area contributed by atoms with Gasteiger partial charge in [-0.05, 0) is 35.9 Å². The van der Waals surface area contributed by atoms with E-state index in [4.69, 9.17) is 4.84 Å². The molecule has 3 unspecified atom stereocenters. The van der Waals surface area contributed by atoms with Crippen molar-refractivity contribution in [1.82, 2.24) is 15.3 Å². The van der Waals surface area contributed by atoms with E-state index in [0.717, 1.165) is 23.1 Å². The molecular weight excluding hydrogens is 462 g/mol. The Hall–Kier alpha value is -3.33. The molecule has 3 amide bonds. The maximum atomic E-state index is 13.5. The third-order valence-electron chi connectivity index (χ3n) is 6.46. The monoisotopic (exact) mass is 489 g/mol. The normalized spacial score (nSPS) is 22.0. The van der Waals surface area contributed by atoms with E-state index >= 15 is 0 Å². The number of carbonyl (C=O) groups is 3. The lowest BCUT2D eigenvalue weighted by atomic mass is 9.90. The Kier molecular flexibility index (Phi) is 6.77.